The summed E-state index contributed by atoms with van der Waals surface area (Å²) in [5.41, 5.74) is 2.25. The molecule has 0 aliphatic carbocycles. The van der Waals surface area contributed by atoms with Gasteiger partial charge in [0.2, 0.25) is 5.91 Å². The third-order valence-corrected chi connectivity index (χ3v) is 4.43. The van der Waals surface area contributed by atoms with Crippen LogP contribution in [0.2, 0.25) is 0 Å². The Hall–Kier alpha value is -3.42. The molecule has 4 rings (SSSR count). The molecule has 8 heteroatoms. The number of hydrogen-bond donors (Lipinski definition) is 1. The van der Waals surface area contributed by atoms with Crippen molar-refractivity contribution in [3.8, 4) is 11.1 Å². The van der Waals surface area contributed by atoms with Crippen LogP contribution in [0.15, 0.2) is 48.9 Å². The van der Waals surface area contributed by atoms with Gasteiger partial charge in [0.25, 0.3) is 0 Å². The number of halogens is 1. The smallest absolute Gasteiger partial charge is 0.414 e. The number of benzene rings is 1. The molecule has 0 spiro atoms. The van der Waals surface area contributed by atoms with E-state index in [9.17, 15) is 14.0 Å². The number of amides is 2. The Kier molecular flexibility index (Phi) is 4.23. The molecule has 1 N–H and O–H groups in total. The van der Waals surface area contributed by atoms with Gasteiger partial charge in [-0.1, -0.05) is 0 Å². The van der Waals surface area contributed by atoms with Gasteiger partial charge in [-0.3, -0.25) is 9.69 Å². The zero-order chi connectivity index (χ0) is 19.0. The molecular formula is C19H17FN4O3. The molecule has 0 unspecified atom stereocenters. The maximum absolute atomic E-state index is 14.7. The van der Waals surface area contributed by atoms with E-state index in [-0.39, 0.29) is 19.0 Å². The molecule has 2 aromatic heterocycles. The highest BCUT2D eigenvalue weighted by atomic mass is 19.1. The van der Waals surface area contributed by atoms with Crippen molar-refractivity contribution < 1.29 is 18.7 Å². The number of nitrogens with one attached hydrogen (secondary N) is 1. The summed E-state index contributed by atoms with van der Waals surface area (Å²) in [5.74, 6) is -0.643. The van der Waals surface area contributed by atoms with Crippen LogP contribution in [-0.2, 0) is 9.53 Å². The minimum absolute atomic E-state index is 0.200. The summed E-state index contributed by atoms with van der Waals surface area (Å²) in [5, 5.41) is 2.61. The monoisotopic (exact) mass is 368 g/mol. The minimum Gasteiger partial charge on any atom is -0.442 e. The van der Waals surface area contributed by atoms with Crippen molar-refractivity contribution in [1.29, 1.82) is 0 Å². The molecule has 27 heavy (non-hydrogen) atoms. The van der Waals surface area contributed by atoms with Gasteiger partial charge in [-0.15, -0.1) is 0 Å². The molecule has 0 radical (unpaired) electrons. The third-order valence-electron chi connectivity index (χ3n) is 4.43. The summed E-state index contributed by atoms with van der Waals surface area (Å²) in [6.07, 6.45) is 4.28. The van der Waals surface area contributed by atoms with E-state index in [0.29, 0.717) is 16.8 Å². The fourth-order valence-electron chi connectivity index (χ4n) is 3.08. The van der Waals surface area contributed by atoms with Gasteiger partial charge >= 0.3 is 6.09 Å². The molecule has 1 aliphatic heterocycles. The van der Waals surface area contributed by atoms with Gasteiger partial charge in [-0.25, -0.2) is 14.2 Å². The van der Waals surface area contributed by atoms with Gasteiger partial charge in [0.15, 0.2) is 0 Å². The van der Waals surface area contributed by atoms with E-state index in [1.54, 1.807) is 30.5 Å². The van der Waals surface area contributed by atoms with Crippen LogP contribution < -0.4 is 10.2 Å². The molecule has 3 heterocycles. The second kappa shape index (κ2) is 6.71. The number of ether oxygens (including phenoxy) is 1. The second-order valence-corrected chi connectivity index (χ2v) is 6.33. The molecule has 1 aromatic carbocycles. The van der Waals surface area contributed by atoms with Crippen molar-refractivity contribution in [1.82, 2.24) is 14.7 Å². The van der Waals surface area contributed by atoms with E-state index in [1.807, 2.05) is 16.8 Å². The van der Waals surface area contributed by atoms with Crippen LogP contribution in [0.3, 0.4) is 0 Å². The number of carbonyl (C=O) groups is 2. The lowest BCUT2D eigenvalue weighted by Crippen LogP contribution is -2.33. The van der Waals surface area contributed by atoms with Gasteiger partial charge in [0.05, 0.1) is 18.8 Å². The number of anilines is 1. The molecule has 0 bridgehead atoms. The Morgan fingerprint density at radius 2 is 2.19 bits per heavy atom. The first-order chi connectivity index (χ1) is 13.0. The number of hydrogen-bond acceptors (Lipinski definition) is 4. The summed E-state index contributed by atoms with van der Waals surface area (Å²) in [4.78, 5) is 28.6. The van der Waals surface area contributed by atoms with E-state index in [1.165, 1.54) is 17.9 Å². The Labute approximate surface area is 154 Å². The number of imidazole rings is 1. The number of carbonyl (C=O) groups excluding carboxylic acids is 2. The summed E-state index contributed by atoms with van der Waals surface area (Å²) >= 11 is 0. The highest BCUT2D eigenvalue weighted by Gasteiger charge is 2.32. The van der Waals surface area contributed by atoms with Crippen LogP contribution in [0.5, 0.6) is 0 Å². The first kappa shape index (κ1) is 17.0. The molecule has 3 aromatic rings. The SMILES string of the molecule is CC(=O)NC[C@H]1CN(c2ccc(-c3ccn4ccnc4c3)c(F)c2)C(=O)O1. The Morgan fingerprint density at radius 1 is 1.33 bits per heavy atom. The van der Waals surface area contributed by atoms with Gasteiger partial charge in [0.1, 0.15) is 17.6 Å². The normalized spacial score (nSPS) is 16.6. The Balaban J connectivity index is 1.56. The van der Waals surface area contributed by atoms with Crippen molar-refractivity contribution in [3.05, 3.63) is 54.7 Å². The zero-order valence-corrected chi connectivity index (χ0v) is 14.6. The minimum atomic E-state index is -0.559. The van der Waals surface area contributed by atoms with Crippen molar-refractivity contribution in [3.63, 3.8) is 0 Å². The molecule has 0 saturated carbocycles. The van der Waals surface area contributed by atoms with E-state index in [0.717, 1.165) is 5.65 Å². The number of aromatic nitrogens is 2. The first-order valence-electron chi connectivity index (χ1n) is 8.46. The lowest BCUT2D eigenvalue weighted by atomic mass is 10.1. The van der Waals surface area contributed by atoms with E-state index in [2.05, 4.69) is 10.3 Å². The highest BCUT2D eigenvalue weighted by Crippen LogP contribution is 2.29. The largest absolute Gasteiger partial charge is 0.442 e. The summed E-state index contributed by atoms with van der Waals surface area (Å²) in [6, 6.07) is 8.23. The van der Waals surface area contributed by atoms with E-state index >= 15 is 0 Å². The fourth-order valence-corrected chi connectivity index (χ4v) is 3.08. The molecule has 138 valence electrons. The average molecular weight is 368 g/mol. The van der Waals surface area contributed by atoms with E-state index < -0.39 is 18.0 Å². The Bertz CT molecular complexity index is 1030. The Morgan fingerprint density at radius 3 is 2.96 bits per heavy atom. The number of fused-ring (bicyclic) bond motifs is 1. The maximum atomic E-state index is 14.7. The molecule has 2 amide bonds. The number of pyridine rings is 1. The first-order valence-corrected chi connectivity index (χ1v) is 8.46. The standard InChI is InChI=1S/C19H17FN4O3/c1-12(25)22-10-15-11-24(19(26)27-15)14-2-3-16(17(20)9-14)13-4-6-23-7-5-21-18(23)8-13/h2-9,15H,10-11H2,1H3,(H,22,25)/t15-/m0/s1. The summed E-state index contributed by atoms with van der Waals surface area (Å²) in [6.45, 7) is 1.86. The van der Waals surface area contributed by atoms with Gasteiger partial charge in [-0.2, -0.15) is 0 Å². The van der Waals surface area contributed by atoms with Crippen molar-refractivity contribution in [2.75, 3.05) is 18.0 Å². The van der Waals surface area contributed by atoms with Crippen molar-refractivity contribution in [2.24, 2.45) is 0 Å². The molecular weight excluding hydrogens is 351 g/mol. The number of rotatable bonds is 4. The topological polar surface area (TPSA) is 75.9 Å². The van der Waals surface area contributed by atoms with Gasteiger partial charge in [-0.05, 0) is 35.9 Å². The second-order valence-electron chi connectivity index (χ2n) is 6.33. The lowest BCUT2D eigenvalue weighted by Gasteiger charge is -2.14. The van der Waals surface area contributed by atoms with Crippen molar-refractivity contribution in [2.45, 2.75) is 13.0 Å². The average Bonchev–Trinajstić information content (AvgIpc) is 3.25. The van der Waals surface area contributed by atoms with Crippen LogP contribution in [0.25, 0.3) is 16.8 Å². The molecule has 1 atom stereocenters. The van der Waals surface area contributed by atoms with Gasteiger partial charge in [0, 0.05) is 31.1 Å². The fraction of sp³-hybridized carbons (Fsp3) is 0.211. The quantitative estimate of drug-likeness (QED) is 0.768. The van der Waals surface area contributed by atoms with E-state index in [4.69, 9.17) is 4.74 Å². The number of nitrogens with zero attached hydrogens (tertiary/aromatic N) is 3. The molecule has 7 nitrogen and oxygen atoms in total. The van der Waals surface area contributed by atoms with Crippen LogP contribution in [-0.4, -0.2) is 40.6 Å². The predicted octanol–water partition coefficient (Wildman–Crippen LogP) is 2.60. The summed E-state index contributed by atoms with van der Waals surface area (Å²) in [7, 11) is 0. The summed E-state index contributed by atoms with van der Waals surface area (Å²) < 4.78 is 21.8. The predicted molar refractivity (Wildman–Crippen MR) is 96.9 cm³/mol. The molecule has 1 saturated heterocycles. The van der Waals surface area contributed by atoms with Crippen LogP contribution >= 0.6 is 0 Å². The lowest BCUT2D eigenvalue weighted by molar-refractivity contribution is -0.119. The zero-order valence-electron chi connectivity index (χ0n) is 14.6. The van der Waals surface area contributed by atoms with Crippen LogP contribution in [0.1, 0.15) is 6.92 Å². The molecule has 1 aliphatic rings. The van der Waals surface area contributed by atoms with Crippen LogP contribution in [0.4, 0.5) is 14.9 Å². The van der Waals surface area contributed by atoms with Crippen molar-refractivity contribution >= 4 is 23.3 Å². The van der Waals surface area contributed by atoms with Crippen LogP contribution in [0, 0.1) is 5.82 Å². The van der Waals surface area contributed by atoms with Gasteiger partial charge < -0.3 is 14.5 Å². The molecule has 1 fully saturated rings. The third kappa shape index (κ3) is 3.33. The number of cyclic esters (lactones) is 1. The maximum Gasteiger partial charge on any atom is 0.414 e. The highest BCUT2D eigenvalue weighted by molar-refractivity contribution is 5.90.